The molecule has 1 aromatic heterocycles. The summed E-state index contributed by atoms with van der Waals surface area (Å²) in [6.07, 6.45) is 1.95. The molecule has 0 aliphatic carbocycles. The normalized spacial score (nSPS) is 13.2. The zero-order valence-corrected chi connectivity index (χ0v) is 17.6. The standard InChI is InChI=1S/C24H19BrFNO2/c1-27-15-21(20-13-10-18(25)14-22(20)27)24(23(28)29-2,16-6-4-3-5-7-16)17-8-11-19(26)12-9-17/h3-15H,1-2H3. The quantitative estimate of drug-likeness (QED) is 0.378. The van der Waals surface area contributed by atoms with Crippen molar-refractivity contribution in [2.45, 2.75) is 5.41 Å². The summed E-state index contributed by atoms with van der Waals surface area (Å²) in [6, 6.07) is 21.5. The van der Waals surface area contributed by atoms with Crippen LogP contribution in [0.25, 0.3) is 10.9 Å². The second-order valence-electron chi connectivity index (χ2n) is 6.93. The van der Waals surface area contributed by atoms with Crippen molar-refractivity contribution in [2.24, 2.45) is 7.05 Å². The van der Waals surface area contributed by atoms with Crippen LogP contribution in [0.15, 0.2) is 83.5 Å². The number of halogens is 2. The molecule has 0 bridgehead atoms. The van der Waals surface area contributed by atoms with E-state index in [1.807, 2.05) is 66.3 Å². The highest BCUT2D eigenvalue weighted by Crippen LogP contribution is 2.44. The lowest BCUT2D eigenvalue weighted by atomic mass is 9.69. The lowest BCUT2D eigenvalue weighted by molar-refractivity contribution is -0.144. The summed E-state index contributed by atoms with van der Waals surface area (Å²) in [5.74, 6) is -0.784. The maximum atomic E-state index is 13.7. The van der Waals surface area contributed by atoms with E-state index in [9.17, 15) is 9.18 Å². The van der Waals surface area contributed by atoms with Crippen molar-refractivity contribution in [1.29, 1.82) is 0 Å². The highest BCUT2D eigenvalue weighted by atomic mass is 79.9. The number of aromatic nitrogens is 1. The topological polar surface area (TPSA) is 31.2 Å². The van der Waals surface area contributed by atoms with Crippen molar-refractivity contribution >= 4 is 32.8 Å². The molecule has 1 atom stereocenters. The van der Waals surface area contributed by atoms with Gasteiger partial charge in [0.25, 0.3) is 0 Å². The molecule has 0 radical (unpaired) electrons. The molecule has 0 aliphatic rings. The number of hydrogen-bond acceptors (Lipinski definition) is 2. The molecule has 1 heterocycles. The van der Waals surface area contributed by atoms with Crippen molar-refractivity contribution in [1.82, 2.24) is 4.57 Å². The van der Waals surface area contributed by atoms with Gasteiger partial charge in [-0.25, -0.2) is 4.39 Å². The summed E-state index contributed by atoms with van der Waals surface area (Å²) >= 11 is 3.52. The lowest BCUT2D eigenvalue weighted by Crippen LogP contribution is -2.39. The zero-order chi connectivity index (χ0) is 20.6. The number of fused-ring (bicyclic) bond motifs is 1. The molecule has 0 N–H and O–H groups in total. The van der Waals surface area contributed by atoms with Crippen LogP contribution in [-0.2, 0) is 22.0 Å². The maximum absolute atomic E-state index is 13.7. The Bertz CT molecular complexity index is 1180. The smallest absolute Gasteiger partial charge is 0.325 e. The van der Waals surface area contributed by atoms with Gasteiger partial charge < -0.3 is 9.30 Å². The van der Waals surface area contributed by atoms with Crippen LogP contribution in [0.5, 0.6) is 0 Å². The van der Waals surface area contributed by atoms with Crippen LogP contribution in [-0.4, -0.2) is 17.6 Å². The molecule has 4 aromatic rings. The summed E-state index contributed by atoms with van der Waals surface area (Å²) in [7, 11) is 3.32. The van der Waals surface area contributed by atoms with Gasteiger partial charge in [-0.2, -0.15) is 0 Å². The number of carbonyl (C=O) groups excluding carboxylic acids is 1. The van der Waals surface area contributed by atoms with E-state index in [1.165, 1.54) is 19.2 Å². The van der Waals surface area contributed by atoms with E-state index < -0.39 is 11.4 Å². The average molecular weight is 452 g/mol. The molecule has 0 fully saturated rings. The van der Waals surface area contributed by atoms with Crippen LogP contribution in [0, 0.1) is 5.82 Å². The number of hydrogen-bond donors (Lipinski definition) is 0. The third-order valence-electron chi connectivity index (χ3n) is 5.33. The van der Waals surface area contributed by atoms with Gasteiger partial charge in [-0.05, 0) is 35.4 Å². The highest BCUT2D eigenvalue weighted by Gasteiger charge is 2.47. The first kappa shape index (κ1) is 19.4. The van der Waals surface area contributed by atoms with Crippen molar-refractivity contribution < 1.29 is 13.9 Å². The monoisotopic (exact) mass is 451 g/mol. The molecule has 3 aromatic carbocycles. The number of carbonyl (C=O) groups is 1. The van der Waals surface area contributed by atoms with Crippen molar-refractivity contribution in [3.8, 4) is 0 Å². The number of benzene rings is 3. The van der Waals surface area contributed by atoms with E-state index in [2.05, 4.69) is 15.9 Å². The summed E-state index contributed by atoms with van der Waals surface area (Å²) in [5.41, 5.74) is 1.92. The number of esters is 1. The van der Waals surface area contributed by atoms with E-state index in [0.29, 0.717) is 5.56 Å². The second kappa shape index (κ2) is 7.48. The largest absolute Gasteiger partial charge is 0.468 e. The minimum Gasteiger partial charge on any atom is -0.468 e. The Hall–Kier alpha value is -2.92. The molecule has 0 amide bonds. The Balaban J connectivity index is 2.16. The molecule has 0 saturated carbocycles. The Morgan fingerprint density at radius 1 is 1.00 bits per heavy atom. The van der Waals surface area contributed by atoms with Crippen LogP contribution in [0.4, 0.5) is 4.39 Å². The summed E-state index contributed by atoms with van der Waals surface area (Å²) < 4.78 is 22.0. The summed E-state index contributed by atoms with van der Waals surface area (Å²) in [5, 5.41) is 0.925. The second-order valence-corrected chi connectivity index (χ2v) is 7.85. The third kappa shape index (κ3) is 3.06. The van der Waals surface area contributed by atoms with Crippen LogP contribution < -0.4 is 0 Å². The maximum Gasteiger partial charge on any atom is 0.325 e. The molecule has 3 nitrogen and oxygen atoms in total. The number of methoxy groups -OCH3 is 1. The molecule has 1 unspecified atom stereocenters. The Labute approximate surface area is 176 Å². The van der Waals surface area contributed by atoms with E-state index in [1.54, 1.807) is 12.1 Å². The predicted molar refractivity (Wildman–Crippen MR) is 115 cm³/mol. The van der Waals surface area contributed by atoms with Crippen LogP contribution >= 0.6 is 15.9 Å². The van der Waals surface area contributed by atoms with E-state index in [4.69, 9.17) is 4.74 Å². The Kier molecular flexibility index (Phi) is 5.01. The highest BCUT2D eigenvalue weighted by molar-refractivity contribution is 9.10. The first-order valence-electron chi connectivity index (χ1n) is 9.13. The van der Waals surface area contributed by atoms with Crippen LogP contribution in [0.2, 0.25) is 0 Å². The first-order valence-corrected chi connectivity index (χ1v) is 9.93. The van der Waals surface area contributed by atoms with Crippen LogP contribution in [0.3, 0.4) is 0 Å². The Morgan fingerprint density at radius 2 is 1.66 bits per heavy atom. The molecule has 146 valence electrons. The average Bonchev–Trinajstić information content (AvgIpc) is 3.06. The zero-order valence-electron chi connectivity index (χ0n) is 16.0. The van der Waals surface area contributed by atoms with Gasteiger partial charge in [0.05, 0.1) is 7.11 Å². The van der Waals surface area contributed by atoms with Gasteiger partial charge in [-0.15, -0.1) is 0 Å². The van der Waals surface area contributed by atoms with Gasteiger partial charge in [0.1, 0.15) is 11.2 Å². The van der Waals surface area contributed by atoms with Gasteiger partial charge in [-0.3, -0.25) is 4.79 Å². The summed E-state index contributed by atoms with van der Waals surface area (Å²) in [6.45, 7) is 0. The molecule has 0 aliphatic heterocycles. The fourth-order valence-electron chi connectivity index (χ4n) is 4.02. The molecular weight excluding hydrogens is 433 g/mol. The fourth-order valence-corrected chi connectivity index (χ4v) is 4.37. The van der Waals surface area contributed by atoms with Gasteiger partial charge in [-0.1, -0.05) is 64.5 Å². The van der Waals surface area contributed by atoms with E-state index >= 15 is 0 Å². The molecule has 0 saturated heterocycles. The first-order chi connectivity index (χ1) is 14.0. The number of ether oxygens (including phenoxy) is 1. The van der Waals surface area contributed by atoms with Crippen molar-refractivity contribution in [2.75, 3.05) is 7.11 Å². The van der Waals surface area contributed by atoms with Gasteiger partial charge >= 0.3 is 5.97 Å². The number of aryl methyl sites for hydroxylation is 1. The third-order valence-corrected chi connectivity index (χ3v) is 5.83. The van der Waals surface area contributed by atoms with Gasteiger partial charge in [0.2, 0.25) is 0 Å². The minimum absolute atomic E-state index is 0.359. The molecule has 4 rings (SSSR count). The number of nitrogens with zero attached hydrogens (tertiary/aromatic N) is 1. The predicted octanol–water partition coefficient (Wildman–Crippen LogP) is 5.59. The van der Waals surface area contributed by atoms with Gasteiger partial charge in [0, 0.05) is 34.2 Å². The van der Waals surface area contributed by atoms with Crippen molar-refractivity contribution in [3.63, 3.8) is 0 Å². The summed E-state index contributed by atoms with van der Waals surface area (Å²) in [4.78, 5) is 13.5. The van der Waals surface area contributed by atoms with E-state index in [-0.39, 0.29) is 5.82 Å². The number of rotatable bonds is 4. The molecule has 0 spiro atoms. The van der Waals surface area contributed by atoms with E-state index in [0.717, 1.165) is 26.5 Å². The van der Waals surface area contributed by atoms with Crippen molar-refractivity contribution in [3.05, 3.63) is 106 Å². The fraction of sp³-hybridized carbons (Fsp3) is 0.125. The molecule has 5 heteroatoms. The Morgan fingerprint density at radius 3 is 2.31 bits per heavy atom. The minimum atomic E-state index is -1.24. The van der Waals surface area contributed by atoms with Gasteiger partial charge in [0.15, 0.2) is 0 Å². The lowest BCUT2D eigenvalue weighted by Gasteiger charge is -2.32. The SMILES string of the molecule is COC(=O)C(c1ccccc1)(c1ccc(F)cc1)c1cn(C)c2cc(Br)ccc12. The van der Waals surface area contributed by atoms with Crippen LogP contribution in [0.1, 0.15) is 16.7 Å². The molecular formula is C24H19BrFNO2. The molecule has 29 heavy (non-hydrogen) atoms.